The van der Waals surface area contributed by atoms with Gasteiger partial charge in [0.25, 0.3) is 0 Å². The first-order chi connectivity index (χ1) is 9.54. The van der Waals surface area contributed by atoms with Crippen molar-refractivity contribution in [1.29, 1.82) is 0 Å². The molecule has 1 N–H and O–H groups in total. The first kappa shape index (κ1) is 12.9. The molecule has 3 rings (SSSR count). The Morgan fingerprint density at radius 1 is 1.20 bits per heavy atom. The monoisotopic (exact) mass is 289 g/mol. The van der Waals surface area contributed by atoms with E-state index in [4.69, 9.17) is 0 Å². The molecule has 104 valence electrons. The number of hydrogen-bond donors (Lipinski definition) is 1. The highest BCUT2D eigenvalue weighted by atomic mass is 32.2. The molecule has 0 fully saturated rings. The molecule has 0 bridgehead atoms. The number of aryl methyl sites for hydroxylation is 1. The van der Waals surface area contributed by atoms with E-state index in [1.807, 2.05) is 18.3 Å². The molecular weight excluding hydrogens is 274 g/mol. The molecule has 0 unspecified atom stereocenters. The van der Waals surface area contributed by atoms with Crippen molar-refractivity contribution in [2.45, 2.75) is 17.9 Å². The highest BCUT2D eigenvalue weighted by Crippen LogP contribution is 2.18. The van der Waals surface area contributed by atoms with Crippen LogP contribution in [0.4, 0.5) is 5.69 Å². The average molecular weight is 289 g/mol. The second kappa shape index (κ2) is 4.79. The largest absolute Gasteiger partial charge is 0.346 e. The Hall–Kier alpha value is -2.08. The summed E-state index contributed by atoms with van der Waals surface area (Å²) in [4.78, 5) is 0.311. The molecule has 5 nitrogen and oxygen atoms in total. The van der Waals surface area contributed by atoms with Gasteiger partial charge in [0.05, 0.1) is 22.0 Å². The summed E-state index contributed by atoms with van der Waals surface area (Å²) in [6.45, 7) is 0.954. The van der Waals surface area contributed by atoms with Crippen molar-refractivity contribution in [3.8, 4) is 0 Å². The third kappa shape index (κ3) is 2.46. The molecule has 20 heavy (non-hydrogen) atoms. The predicted molar refractivity (Wildman–Crippen MR) is 78.8 cm³/mol. The lowest BCUT2D eigenvalue weighted by molar-refractivity contribution is 0.602. The van der Waals surface area contributed by atoms with E-state index in [9.17, 15) is 8.42 Å². The van der Waals surface area contributed by atoms with E-state index in [-0.39, 0.29) is 0 Å². The third-order valence-electron chi connectivity index (χ3n) is 3.32. The van der Waals surface area contributed by atoms with Crippen LogP contribution < -0.4 is 5.43 Å². The van der Waals surface area contributed by atoms with E-state index in [0.29, 0.717) is 4.90 Å². The summed E-state index contributed by atoms with van der Waals surface area (Å²) in [6, 6.07) is 10.6. The minimum Gasteiger partial charge on any atom is -0.346 e. The molecular formula is C14H15N3O2S. The van der Waals surface area contributed by atoms with Gasteiger partial charge in [-0.3, -0.25) is 5.43 Å². The van der Waals surface area contributed by atoms with Crippen LogP contribution in [0.2, 0.25) is 0 Å². The fourth-order valence-electron chi connectivity index (χ4n) is 2.25. The second-order valence-corrected chi connectivity index (χ2v) is 6.82. The molecule has 1 aromatic heterocycles. The summed E-state index contributed by atoms with van der Waals surface area (Å²) >= 11 is 0. The zero-order valence-electron chi connectivity index (χ0n) is 11.1. The van der Waals surface area contributed by atoms with Crippen LogP contribution in [0.5, 0.6) is 0 Å². The first-order valence-corrected chi connectivity index (χ1v) is 8.21. The van der Waals surface area contributed by atoms with Crippen molar-refractivity contribution in [3.05, 3.63) is 48.3 Å². The summed E-state index contributed by atoms with van der Waals surface area (Å²) in [6.07, 6.45) is 4.14. The van der Waals surface area contributed by atoms with Gasteiger partial charge in [0, 0.05) is 25.4 Å². The average Bonchev–Trinajstić information content (AvgIpc) is 2.99. The van der Waals surface area contributed by atoms with Crippen LogP contribution >= 0.6 is 0 Å². The van der Waals surface area contributed by atoms with E-state index in [1.165, 1.54) is 6.26 Å². The number of hydrazone groups is 1. The Morgan fingerprint density at radius 3 is 2.65 bits per heavy atom. The molecule has 0 radical (unpaired) electrons. The highest BCUT2D eigenvalue weighted by Gasteiger charge is 2.16. The van der Waals surface area contributed by atoms with Crippen LogP contribution in [0.15, 0.2) is 52.6 Å². The second-order valence-electron chi connectivity index (χ2n) is 4.80. The van der Waals surface area contributed by atoms with E-state index >= 15 is 0 Å². The Morgan fingerprint density at radius 2 is 1.95 bits per heavy atom. The molecule has 0 spiro atoms. The smallest absolute Gasteiger partial charge is 0.175 e. The third-order valence-corrected chi connectivity index (χ3v) is 4.45. The van der Waals surface area contributed by atoms with Crippen LogP contribution in [-0.2, 0) is 16.4 Å². The number of aromatic nitrogens is 1. The standard InChI is InChI=1S/C14H15N3O2S/c1-20(18,19)12-6-4-11(5-7-12)15-16-13-8-10-17-9-2-3-14(13)17/h2-7,9,15H,8,10H2,1H3. The van der Waals surface area contributed by atoms with Gasteiger partial charge < -0.3 is 4.57 Å². The van der Waals surface area contributed by atoms with Gasteiger partial charge in [0.15, 0.2) is 9.84 Å². The number of sulfone groups is 1. The van der Waals surface area contributed by atoms with E-state index in [2.05, 4.69) is 15.1 Å². The molecule has 1 aliphatic rings. The van der Waals surface area contributed by atoms with Gasteiger partial charge in [-0.1, -0.05) is 0 Å². The number of benzene rings is 1. The summed E-state index contributed by atoms with van der Waals surface area (Å²) in [5, 5.41) is 4.40. The van der Waals surface area contributed by atoms with Gasteiger partial charge in [-0.15, -0.1) is 0 Å². The maximum Gasteiger partial charge on any atom is 0.175 e. The number of anilines is 1. The molecule has 0 amide bonds. The predicted octanol–water partition coefficient (Wildman–Crippen LogP) is 2.11. The Labute approximate surface area is 117 Å². The number of fused-ring (bicyclic) bond motifs is 1. The SMILES string of the molecule is CS(=O)(=O)c1ccc(NN=C2CCn3cccc32)cc1. The van der Waals surface area contributed by atoms with Gasteiger partial charge in [-0.25, -0.2) is 8.42 Å². The molecule has 1 aliphatic heterocycles. The van der Waals surface area contributed by atoms with E-state index in [1.54, 1.807) is 24.3 Å². The maximum absolute atomic E-state index is 11.4. The Kier molecular flexibility index (Phi) is 3.10. The van der Waals surface area contributed by atoms with Crippen LogP contribution in [-0.4, -0.2) is 25.0 Å². The van der Waals surface area contributed by atoms with Gasteiger partial charge in [0.2, 0.25) is 0 Å². The van der Waals surface area contributed by atoms with E-state index in [0.717, 1.165) is 30.1 Å². The first-order valence-electron chi connectivity index (χ1n) is 6.32. The maximum atomic E-state index is 11.4. The van der Waals surface area contributed by atoms with Crippen molar-refractivity contribution >= 4 is 21.2 Å². The molecule has 2 aromatic rings. The molecule has 2 heterocycles. The zero-order valence-corrected chi connectivity index (χ0v) is 11.9. The molecule has 0 saturated heterocycles. The number of rotatable bonds is 3. The Balaban J connectivity index is 1.77. The number of nitrogens with zero attached hydrogens (tertiary/aromatic N) is 2. The van der Waals surface area contributed by atoms with Crippen LogP contribution in [0.1, 0.15) is 12.1 Å². The van der Waals surface area contributed by atoms with Gasteiger partial charge in [-0.05, 0) is 36.4 Å². The quantitative estimate of drug-likeness (QED) is 0.880. The van der Waals surface area contributed by atoms with Gasteiger partial charge >= 0.3 is 0 Å². The molecule has 0 aliphatic carbocycles. The van der Waals surface area contributed by atoms with Crippen molar-refractivity contribution < 1.29 is 8.42 Å². The molecule has 0 atom stereocenters. The summed E-state index contributed by atoms with van der Waals surface area (Å²) < 4.78 is 24.9. The zero-order chi connectivity index (χ0) is 14.2. The summed E-state index contributed by atoms with van der Waals surface area (Å²) in [5.74, 6) is 0. The minimum atomic E-state index is -3.15. The number of nitrogens with one attached hydrogen (secondary N) is 1. The lowest BCUT2D eigenvalue weighted by Gasteiger charge is -2.03. The van der Waals surface area contributed by atoms with Gasteiger partial charge in [0.1, 0.15) is 0 Å². The van der Waals surface area contributed by atoms with Crippen LogP contribution in [0.25, 0.3) is 0 Å². The normalized spacial score (nSPS) is 16.4. The van der Waals surface area contributed by atoms with Crippen molar-refractivity contribution in [3.63, 3.8) is 0 Å². The summed E-state index contributed by atoms with van der Waals surface area (Å²) in [5.41, 5.74) is 5.89. The van der Waals surface area contributed by atoms with Gasteiger partial charge in [-0.2, -0.15) is 5.10 Å². The van der Waals surface area contributed by atoms with Crippen LogP contribution in [0.3, 0.4) is 0 Å². The topological polar surface area (TPSA) is 63.5 Å². The minimum absolute atomic E-state index is 0.311. The lowest BCUT2D eigenvalue weighted by atomic mass is 10.2. The summed E-state index contributed by atoms with van der Waals surface area (Å²) in [7, 11) is -3.15. The molecule has 1 aromatic carbocycles. The van der Waals surface area contributed by atoms with Crippen molar-refractivity contribution in [1.82, 2.24) is 4.57 Å². The van der Waals surface area contributed by atoms with Crippen molar-refractivity contribution in [2.24, 2.45) is 5.10 Å². The lowest BCUT2D eigenvalue weighted by Crippen LogP contribution is -2.00. The fourth-order valence-corrected chi connectivity index (χ4v) is 2.88. The van der Waals surface area contributed by atoms with Crippen molar-refractivity contribution in [2.75, 3.05) is 11.7 Å². The molecule has 0 saturated carbocycles. The van der Waals surface area contributed by atoms with Crippen LogP contribution in [0, 0.1) is 0 Å². The number of hydrogen-bond acceptors (Lipinski definition) is 4. The highest BCUT2D eigenvalue weighted by molar-refractivity contribution is 7.90. The fraction of sp³-hybridized carbons (Fsp3) is 0.214. The Bertz CT molecular complexity index is 758. The molecule has 6 heteroatoms. The van der Waals surface area contributed by atoms with E-state index < -0.39 is 9.84 Å².